The van der Waals surface area contributed by atoms with E-state index in [4.69, 9.17) is 0 Å². The largest absolute Gasteiger partial charge is 0.357 e. The first-order valence-electron chi connectivity index (χ1n) is 6.58. The highest BCUT2D eigenvalue weighted by Gasteiger charge is 2.22. The molecule has 3 heteroatoms. The summed E-state index contributed by atoms with van der Waals surface area (Å²) in [7, 11) is 2.15. The molecular formula is C14H23N3. The predicted octanol–water partition coefficient (Wildman–Crippen LogP) is 2.57. The third-order valence-corrected chi connectivity index (χ3v) is 3.51. The molecule has 1 aliphatic rings. The minimum absolute atomic E-state index is 0.521. The molecule has 1 fully saturated rings. The first-order chi connectivity index (χ1) is 8.16. The van der Waals surface area contributed by atoms with Crippen LogP contribution in [-0.4, -0.2) is 24.1 Å². The fourth-order valence-corrected chi connectivity index (χ4v) is 2.01. The van der Waals surface area contributed by atoms with Gasteiger partial charge in [0.05, 0.1) is 0 Å². The maximum atomic E-state index is 4.55. The standard InChI is InChI=1S/C14H23N3/c1-11(2)15-9-12-7-8-14(16-10-12)17(3)13-5-4-6-13/h7-8,10-11,13,15H,4-6,9H2,1-3H3. The molecule has 0 saturated heterocycles. The van der Waals surface area contributed by atoms with Crippen LogP contribution in [0.3, 0.4) is 0 Å². The van der Waals surface area contributed by atoms with E-state index in [1.54, 1.807) is 0 Å². The van der Waals surface area contributed by atoms with E-state index in [-0.39, 0.29) is 0 Å². The molecule has 1 heterocycles. The van der Waals surface area contributed by atoms with Gasteiger partial charge in [0.15, 0.2) is 0 Å². The van der Waals surface area contributed by atoms with Gasteiger partial charge in [-0.25, -0.2) is 4.98 Å². The SMILES string of the molecule is CC(C)NCc1ccc(N(C)C2CCC2)nc1. The molecule has 1 N–H and O–H groups in total. The molecule has 0 unspecified atom stereocenters. The van der Waals surface area contributed by atoms with E-state index >= 15 is 0 Å². The van der Waals surface area contributed by atoms with E-state index in [0.717, 1.165) is 12.4 Å². The molecule has 17 heavy (non-hydrogen) atoms. The van der Waals surface area contributed by atoms with Crippen molar-refractivity contribution in [2.45, 2.75) is 51.7 Å². The van der Waals surface area contributed by atoms with Gasteiger partial charge in [0.2, 0.25) is 0 Å². The number of rotatable bonds is 5. The highest BCUT2D eigenvalue weighted by Crippen LogP contribution is 2.26. The number of nitrogens with one attached hydrogen (secondary N) is 1. The second kappa shape index (κ2) is 5.50. The summed E-state index contributed by atoms with van der Waals surface area (Å²) in [6.07, 6.45) is 5.98. The van der Waals surface area contributed by atoms with E-state index in [2.05, 4.69) is 48.2 Å². The lowest BCUT2D eigenvalue weighted by Crippen LogP contribution is -2.37. The van der Waals surface area contributed by atoms with E-state index in [1.165, 1.54) is 24.8 Å². The molecule has 0 aromatic carbocycles. The highest BCUT2D eigenvalue weighted by molar-refractivity contribution is 5.40. The molecule has 0 spiro atoms. The quantitative estimate of drug-likeness (QED) is 0.847. The van der Waals surface area contributed by atoms with Crippen molar-refractivity contribution >= 4 is 5.82 Å². The van der Waals surface area contributed by atoms with Gasteiger partial charge in [-0.1, -0.05) is 19.9 Å². The minimum atomic E-state index is 0.521. The van der Waals surface area contributed by atoms with Gasteiger partial charge < -0.3 is 10.2 Å². The summed E-state index contributed by atoms with van der Waals surface area (Å²) in [5.74, 6) is 1.10. The van der Waals surface area contributed by atoms with Crippen molar-refractivity contribution in [2.24, 2.45) is 0 Å². The van der Waals surface area contributed by atoms with Crippen LogP contribution >= 0.6 is 0 Å². The van der Waals surface area contributed by atoms with Crippen molar-refractivity contribution in [1.82, 2.24) is 10.3 Å². The van der Waals surface area contributed by atoms with Crippen molar-refractivity contribution in [3.63, 3.8) is 0 Å². The second-order valence-corrected chi connectivity index (χ2v) is 5.26. The van der Waals surface area contributed by atoms with E-state index in [9.17, 15) is 0 Å². The van der Waals surface area contributed by atoms with Gasteiger partial charge in [0.25, 0.3) is 0 Å². The van der Waals surface area contributed by atoms with Crippen LogP contribution in [0, 0.1) is 0 Å². The Morgan fingerprint density at radius 2 is 2.18 bits per heavy atom. The molecule has 0 atom stereocenters. The number of hydrogen-bond acceptors (Lipinski definition) is 3. The zero-order valence-corrected chi connectivity index (χ0v) is 11.1. The molecule has 0 amide bonds. The van der Waals surface area contributed by atoms with Crippen LogP contribution < -0.4 is 10.2 Å². The van der Waals surface area contributed by atoms with Gasteiger partial charge in [0.1, 0.15) is 5.82 Å². The molecule has 1 aromatic rings. The Balaban J connectivity index is 1.92. The number of anilines is 1. The molecule has 1 aliphatic carbocycles. The zero-order chi connectivity index (χ0) is 12.3. The number of pyridine rings is 1. The Morgan fingerprint density at radius 3 is 2.65 bits per heavy atom. The van der Waals surface area contributed by atoms with E-state index in [1.807, 2.05) is 6.20 Å². The fraction of sp³-hybridized carbons (Fsp3) is 0.643. The van der Waals surface area contributed by atoms with Gasteiger partial charge >= 0.3 is 0 Å². The van der Waals surface area contributed by atoms with Crippen molar-refractivity contribution in [1.29, 1.82) is 0 Å². The van der Waals surface area contributed by atoms with E-state index in [0.29, 0.717) is 12.1 Å². The summed E-state index contributed by atoms with van der Waals surface area (Å²) in [4.78, 5) is 6.85. The van der Waals surface area contributed by atoms with Crippen LogP contribution in [0.2, 0.25) is 0 Å². The van der Waals surface area contributed by atoms with Gasteiger partial charge in [0, 0.05) is 31.9 Å². The average Bonchev–Trinajstić information content (AvgIpc) is 2.24. The Bertz CT molecular complexity index is 341. The third-order valence-electron chi connectivity index (χ3n) is 3.51. The minimum Gasteiger partial charge on any atom is -0.357 e. The molecule has 3 nitrogen and oxygen atoms in total. The maximum absolute atomic E-state index is 4.55. The number of nitrogens with zero attached hydrogens (tertiary/aromatic N) is 2. The summed E-state index contributed by atoms with van der Waals surface area (Å²) in [6.45, 7) is 5.22. The van der Waals surface area contributed by atoms with Crippen LogP contribution in [0.15, 0.2) is 18.3 Å². The summed E-state index contributed by atoms with van der Waals surface area (Å²) >= 11 is 0. The number of hydrogen-bond donors (Lipinski definition) is 1. The van der Waals surface area contributed by atoms with Gasteiger partial charge in [-0.2, -0.15) is 0 Å². The molecule has 0 aliphatic heterocycles. The lowest BCUT2D eigenvalue weighted by atomic mass is 9.92. The monoisotopic (exact) mass is 233 g/mol. The zero-order valence-electron chi connectivity index (χ0n) is 11.1. The molecule has 0 bridgehead atoms. The summed E-state index contributed by atoms with van der Waals surface area (Å²) in [5.41, 5.74) is 1.25. The van der Waals surface area contributed by atoms with Crippen LogP contribution in [0.4, 0.5) is 5.82 Å². The summed E-state index contributed by atoms with van der Waals surface area (Å²) in [5, 5.41) is 3.40. The third kappa shape index (κ3) is 3.19. The van der Waals surface area contributed by atoms with Crippen LogP contribution in [-0.2, 0) is 6.54 Å². The Kier molecular flexibility index (Phi) is 4.00. The van der Waals surface area contributed by atoms with Crippen LogP contribution in [0.5, 0.6) is 0 Å². The normalized spacial score (nSPS) is 16.0. The molecule has 2 rings (SSSR count). The highest BCUT2D eigenvalue weighted by atomic mass is 15.2. The molecule has 1 aromatic heterocycles. The van der Waals surface area contributed by atoms with Crippen molar-refractivity contribution in [3.8, 4) is 0 Å². The summed E-state index contributed by atoms with van der Waals surface area (Å²) < 4.78 is 0. The van der Waals surface area contributed by atoms with Crippen LogP contribution in [0.1, 0.15) is 38.7 Å². The lowest BCUT2D eigenvalue weighted by Gasteiger charge is -2.35. The van der Waals surface area contributed by atoms with Gasteiger partial charge in [-0.15, -0.1) is 0 Å². The fourth-order valence-electron chi connectivity index (χ4n) is 2.01. The predicted molar refractivity (Wildman–Crippen MR) is 72.3 cm³/mol. The molecule has 0 radical (unpaired) electrons. The smallest absolute Gasteiger partial charge is 0.128 e. The second-order valence-electron chi connectivity index (χ2n) is 5.26. The lowest BCUT2D eigenvalue weighted by molar-refractivity contribution is 0.399. The van der Waals surface area contributed by atoms with Crippen molar-refractivity contribution in [2.75, 3.05) is 11.9 Å². The first-order valence-corrected chi connectivity index (χ1v) is 6.58. The molecule has 1 saturated carbocycles. The van der Waals surface area contributed by atoms with Gasteiger partial charge in [-0.05, 0) is 30.9 Å². The Labute approximate surface area is 104 Å². The Hall–Kier alpha value is -1.09. The Morgan fingerprint density at radius 1 is 1.41 bits per heavy atom. The number of aromatic nitrogens is 1. The summed E-state index contributed by atoms with van der Waals surface area (Å²) in [6, 6.07) is 5.54. The molecular weight excluding hydrogens is 210 g/mol. The topological polar surface area (TPSA) is 28.2 Å². The van der Waals surface area contributed by atoms with Crippen molar-refractivity contribution < 1.29 is 0 Å². The van der Waals surface area contributed by atoms with Crippen molar-refractivity contribution in [3.05, 3.63) is 23.9 Å². The molecule has 94 valence electrons. The average molecular weight is 233 g/mol. The van der Waals surface area contributed by atoms with E-state index < -0.39 is 0 Å². The van der Waals surface area contributed by atoms with Crippen LogP contribution in [0.25, 0.3) is 0 Å². The maximum Gasteiger partial charge on any atom is 0.128 e. The van der Waals surface area contributed by atoms with Gasteiger partial charge in [-0.3, -0.25) is 0 Å². The first kappa shape index (κ1) is 12.4.